The van der Waals surface area contributed by atoms with Crippen LogP contribution < -0.4 is 10.5 Å². The van der Waals surface area contributed by atoms with E-state index in [-0.39, 0.29) is 0 Å². The molecule has 0 saturated carbocycles. The third-order valence-corrected chi connectivity index (χ3v) is 1.67. The molecule has 1 rings (SSSR count). The van der Waals surface area contributed by atoms with Crippen molar-refractivity contribution < 1.29 is 4.21 Å². The van der Waals surface area contributed by atoms with E-state index in [1.807, 2.05) is 12.1 Å². The van der Waals surface area contributed by atoms with E-state index in [9.17, 15) is 4.21 Å². The van der Waals surface area contributed by atoms with Gasteiger partial charge in [0.15, 0.2) is 0 Å². The van der Waals surface area contributed by atoms with Gasteiger partial charge in [0.25, 0.3) is 0 Å². The third-order valence-electron chi connectivity index (χ3n) is 1.15. The van der Waals surface area contributed by atoms with Crippen molar-refractivity contribution in [3.63, 3.8) is 0 Å². The standard InChI is InChI=1S/C7H10N2OS/c1-11(10)9-7-4-2-3-6(8)5-7/h2-5,9H,8H2,1H3/t11-/m1/s1. The monoisotopic (exact) mass is 170 g/mol. The Morgan fingerprint density at radius 1 is 1.55 bits per heavy atom. The van der Waals surface area contributed by atoms with E-state index in [4.69, 9.17) is 5.73 Å². The van der Waals surface area contributed by atoms with Crippen molar-refractivity contribution in [3.05, 3.63) is 24.3 Å². The Balaban J connectivity index is 2.79. The van der Waals surface area contributed by atoms with Crippen LogP contribution in [0.15, 0.2) is 24.3 Å². The van der Waals surface area contributed by atoms with Gasteiger partial charge in [0.1, 0.15) is 11.0 Å². The lowest BCUT2D eigenvalue weighted by Gasteiger charge is -2.01. The summed E-state index contributed by atoms with van der Waals surface area (Å²) in [6, 6.07) is 7.15. The van der Waals surface area contributed by atoms with Crippen LogP contribution in [0.5, 0.6) is 0 Å². The predicted molar refractivity (Wildman–Crippen MR) is 48.5 cm³/mol. The van der Waals surface area contributed by atoms with E-state index in [0.717, 1.165) is 5.69 Å². The number of benzene rings is 1. The van der Waals surface area contributed by atoms with Gasteiger partial charge in [0, 0.05) is 17.6 Å². The summed E-state index contributed by atoms with van der Waals surface area (Å²) in [5, 5.41) is 0. The van der Waals surface area contributed by atoms with Crippen molar-refractivity contribution in [2.75, 3.05) is 16.7 Å². The minimum absolute atomic E-state index is 0.667. The van der Waals surface area contributed by atoms with Crippen LogP contribution in [0, 0.1) is 0 Å². The average molecular weight is 170 g/mol. The molecule has 0 radical (unpaired) electrons. The third kappa shape index (κ3) is 2.59. The first-order chi connectivity index (χ1) is 5.18. The molecule has 0 aliphatic carbocycles. The van der Waals surface area contributed by atoms with E-state index < -0.39 is 11.0 Å². The van der Waals surface area contributed by atoms with Crippen molar-refractivity contribution in [1.82, 2.24) is 0 Å². The summed E-state index contributed by atoms with van der Waals surface area (Å²) >= 11 is 0. The minimum Gasteiger partial charge on any atom is -0.399 e. The molecule has 4 heteroatoms. The van der Waals surface area contributed by atoms with Gasteiger partial charge in [-0.15, -0.1) is 0 Å². The summed E-state index contributed by atoms with van der Waals surface area (Å²) in [6.07, 6.45) is 1.57. The second-order valence-corrected chi connectivity index (χ2v) is 3.29. The summed E-state index contributed by atoms with van der Waals surface area (Å²) < 4.78 is 13.4. The zero-order valence-corrected chi connectivity index (χ0v) is 7.02. The summed E-state index contributed by atoms with van der Waals surface area (Å²) in [7, 11) is -1.03. The molecule has 0 fully saturated rings. The maximum Gasteiger partial charge on any atom is 0.113 e. The number of nitrogen functional groups attached to an aromatic ring is 1. The van der Waals surface area contributed by atoms with Gasteiger partial charge in [-0.1, -0.05) is 6.07 Å². The Morgan fingerprint density at radius 3 is 2.82 bits per heavy atom. The molecule has 3 nitrogen and oxygen atoms in total. The molecule has 0 aliphatic rings. The van der Waals surface area contributed by atoms with E-state index in [1.54, 1.807) is 18.4 Å². The van der Waals surface area contributed by atoms with Crippen molar-refractivity contribution >= 4 is 22.4 Å². The molecule has 1 atom stereocenters. The molecule has 1 aromatic rings. The van der Waals surface area contributed by atoms with E-state index in [2.05, 4.69) is 4.72 Å². The molecule has 0 amide bonds. The number of nitrogens with one attached hydrogen (secondary N) is 1. The first-order valence-electron chi connectivity index (χ1n) is 3.14. The van der Waals surface area contributed by atoms with Crippen LogP contribution in [0.4, 0.5) is 11.4 Å². The van der Waals surface area contributed by atoms with Crippen LogP contribution in [0.3, 0.4) is 0 Å². The Kier molecular flexibility index (Phi) is 2.48. The molecular formula is C7H10N2OS. The first kappa shape index (κ1) is 8.07. The highest BCUT2D eigenvalue weighted by atomic mass is 32.2. The van der Waals surface area contributed by atoms with Gasteiger partial charge >= 0.3 is 0 Å². The first-order valence-corrected chi connectivity index (χ1v) is 4.70. The van der Waals surface area contributed by atoms with Gasteiger partial charge < -0.3 is 10.5 Å². The minimum atomic E-state index is -1.03. The Bertz CT molecular complexity index is 275. The smallest absolute Gasteiger partial charge is 0.113 e. The van der Waals surface area contributed by atoms with E-state index in [0.29, 0.717) is 5.69 Å². The largest absolute Gasteiger partial charge is 0.399 e. The lowest BCUT2D eigenvalue weighted by molar-refractivity contribution is 0.690. The van der Waals surface area contributed by atoms with Crippen molar-refractivity contribution in [3.8, 4) is 0 Å². The summed E-state index contributed by atoms with van der Waals surface area (Å²) in [5.74, 6) is 0. The summed E-state index contributed by atoms with van der Waals surface area (Å²) in [4.78, 5) is 0. The van der Waals surface area contributed by atoms with E-state index in [1.165, 1.54) is 0 Å². The molecule has 0 spiro atoms. The molecule has 1 aromatic carbocycles. The van der Waals surface area contributed by atoms with Crippen molar-refractivity contribution in [1.29, 1.82) is 0 Å². The van der Waals surface area contributed by atoms with Crippen LogP contribution in [0.2, 0.25) is 0 Å². The van der Waals surface area contributed by atoms with Gasteiger partial charge in [-0.3, -0.25) is 0 Å². The highest BCUT2D eigenvalue weighted by Crippen LogP contribution is 2.11. The molecule has 0 bridgehead atoms. The highest BCUT2D eigenvalue weighted by molar-refractivity contribution is 7.85. The average Bonchev–Trinajstić information content (AvgIpc) is 1.85. The van der Waals surface area contributed by atoms with Crippen molar-refractivity contribution in [2.24, 2.45) is 0 Å². The van der Waals surface area contributed by atoms with Gasteiger partial charge in [0.2, 0.25) is 0 Å². The van der Waals surface area contributed by atoms with Crippen LogP contribution in [-0.4, -0.2) is 10.5 Å². The zero-order chi connectivity index (χ0) is 8.27. The maximum absolute atomic E-state index is 10.7. The highest BCUT2D eigenvalue weighted by Gasteiger charge is 1.92. The maximum atomic E-state index is 10.7. The number of anilines is 2. The Labute approximate surface area is 68.2 Å². The second kappa shape index (κ2) is 3.39. The molecule has 0 unspecified atom stereocenters. The fourth-order valence-electron chi connectivity index (χ4n) is 0.768. The fraction of sp³-hybridized carbons (Fsp3) is 0.143. The second-order valence-electron chi connectivity index (χ2n) is 2.18. The van der Waals surface area contributed by atoms with Crippen molar-refractivity contribution in [2.45, 2.75) is 0 Å². The molecule has 0 saturated heterocycles. The van der Waals surface area contributed by atoms with E-state index >= 15 is 0 Å². The fourth-order valence-corrected chi connectivity index (χ4v) is 1.23. The predicted octanol–water partition coefficient (Wildman–Crippen LogP) is 0.974. The normalized spacial score (nSPS) is 12.5. The van der Waals surface area contributed by atoms with Gasteiger partial charge in [-0.2, -0.15) is 0 Å². The number of nitrogens with two attached hydrogens (primary N) is 1. The number of hydrogen-bond acceptors (Lipinski definition) is 2. The Morgan fingerprint density at radius 2 is 2.27 bits per heavy atom. The van der Waals surface area contributed by atoms with Crippen LogP contribution in [0.1, 0.15) is 0 Å². The van der Waals surface area contributed by atoms with Crippen LogP contribution >= 0.6 is 0 Å². The molecule has 3 N–H and O–H groups in total. The molecule has 0 aliphatic heterocycles. The Hall–Kier alpha value is -1.03. The molecular weight excluding hydrogens is 160 g/mol. The summed E-state index contributed by atoms with van der Waals surface area (Å²) in [6.45, 7) is 0. The molecule has 0 aromatic heterocycles. The quantitative estimate of drug-likeness (QED) is 0.650. The SMILES string of the molecule is C[S@@](=O)Nc1cccc(N)c1. The number of rotatable bonds is 2. The topological polar surface area (TPSA) is 55.1 Å². The number of hydrogen-bond donors (Lipinski definition) is 2. The lowest BCUT2D eigenvalue weighted by atomic mass is 10.3. The molecule has 60 valence electrons. The zero-order valence-electron chi connectivity index (χ0n) is 6.20. The van der Waals surface area contributed by atoms with Crippen LogP contribution in [-0.2, 0) is 11.0 Å². The lowest BCUT2D eigenvalue weighted by Crippen LogP contribution is -2.01. The van der Waals surface area contributed by atoms with Gasteiger partial charge in [-0.05, 0) is 18.2 Å². The molecule has 0 heterocycles. The van der Waals surface area contributed by atoms with Gasteiger partial charge in [0.05, 0.1) is 0 Å². The van der Waals surface area contributed by atoms with Gasteiger partial charge in [-0.25, -0.2) is 4.21 Å². The van der Waals surface area contributed by atoms with Crippen LogP contribution in [0.25, 0.3) is 0 Å². The summed E-state index contributed by atoms with van der Waals surface area (Å²) in [5.41, 5.74) is 6.95. The molecule has 11 heavy (non-hydrogen) atoms.